The Labute approximate surface area is 123 Å². The van der Waals surface area contributed by atoms with E-state index in [-0.39, 0.29) is 5.91 Å². The molecule has 19 heavy (non-hydrogen) atoms. The Morgan fingerprint density at radius 2 is 2.26 bits per heavy atom. The minimum atomic E-state index is 0.285. The van der Waals surface area contributed by atoms with E-state index in [0.29, 0.717) is 6.42 Å². The summed E-state index contributed by atoms with van der Waals surface area (Å²) in [4.78, 5) is 15.3. The number of likely N-dealkylation sites (tertiary alicyclic amines) is 1. The predicted octanol–water partition coefficient (Wildman–Crippen LogP) is 2.79. The largest absolute Gasteiger partial charge is 0.343 e. The minimum Gasteiger partial charge on any atom is -0.343 e. The fourth-order valence-electron chi connectivity index (χ4n) is 2.55. The maximum Gasteiger partial charge on any atom is 0.222 e. The van der Waals surface area contributed by atoms with Crippen molar-refractivity contribution in [3.05, 3.63) is 21.3 Å². The van der Waals surface area contributed by atoms with E-state index in [4.69, 9.17) is 11.6 Å². The number of nitrogens with zero attached hydrogens (tertiary/aromatic N) is 1. The zero-order chi connectivity index (χ0) is 13.7. The van der Waals surface area contributed by atoms with Gasteiger partial charge in [0, 0.05) is 29.8 Å². The molecule has 0 unspecified atom stereocenters. The van der Waals surface area contributed by atoms with Gasteiger partial charge in [-0.05, 0) is 44.8 Å². The Balaban J connectivity index is 1.72. The minimum absolute atomic E-state index is 0.285. The maximum absolute atomic E-state index is 12.1. The molecule has 0 radical (unpaired) electrons. The number of carbonyl (C=O) groups is 1. The number of piperidine rings is 1. The van der Waals surface area contributed by atoms with Gasteiger partial charge in [-0.1, -0.05) is 11.6 Å². The van der Waals surface area contributed by atoms with Crippen molar-refractivity contribution in [1.82, 2.24) is 10.2 Å². The molecule has 106 valence electrons. The quantitative estimate of drug-likeness (QED) is 0.907. The standard InChI is InChI=1S/C14H21ClN2OS/c1-16-9-11-4-6-17(7-5-11)14(18)3-2-13-8-12(15)10-19-13/h8,10-11,16H,2-7,9H2,1H3. The molecule has 3 nitrogen and oxygen atoms in total. The van der Waals surface area contributed by atoms with E-state index in [1.165, 1.54) is 4.88 Å². The van der Waals surface area contributed by atoms with Crippen LogP contribution in [0.5, 0.6) is 0 Å². The van der Waals surface area contributed by atoms with Gasteiger partial charge in [-0.25, -0.2) is 0 Å². The maximum atomic E-state index is 12.1. The molecule has 1 fully saturated rings. The molecule has 0 bridgehead atoms. The Hall–Kier alpha value is -0.580. The van der Waals surface area contributed by atoms with Crippen LogP contribution in [0.3, 0.4) is 0 Å². The van der Waals surface area contributed by atoms with Gasteiger partial charge in [-0.3, -0.25) is 4.79 Å². The third-order valence-electron chi connectivity index (χ3n) is 3.67. The Bertz CT molecular complexity index is 413. The van der Waals surface area contributed by atoms with E-state index in [1.807, 2.05) is 23.4 Å². The summed E-state index contributed by atoms with van der Waals surface area (Å²) in [5.74, 6) is 1.01. The fourth-order valence-corrected chi connectivity index (χ4v) is 3.63. The normalized spacial score (nSPS) is 16.8. The molecule has 1 saturated heterocycles. The highest BCUT2D eigenvalue weighted by molar-refractivity contribution is 7.10. The second-order valence-corrected chi connectivity index (χ2v) is 6.55. The van der Waals surface area contributed by atoms with Gasteiger partial charge in [0.15, 0.2) is 0 Å². The van der Waals surface area contributed by atoms with Gasteiger partial charge in [-0.15, -0.1) is 11.3 Å². The van der Waals surface area contributed by atoms with Gasteiger partial charge in [0.05, 0.1) is 5.02 Å². The van der Waals surface area contributed by atoms with Crippen LogP contribution >= 0.6 is 22.9 Å². The summed E-state index contributed by atoms with van der Waals surface area (Å²) in [6.07, 6.45) is 3.66. The lowest BCUT2D eigenvalue weighted by atomic mass is 9.96. The molecule has 1 aromatic rings. The molecule has 1 aromatic heterocycles. The number of rotatable bonds is 5. The monoisotopic (exact) mass is 300 g/mol. The summed E-state index contributed by atoms with van der Waals surface area (Å²) in [6.45, 7) is 2.89. The number of aryl methyl sites for hydroxylation is 1. The number of thiophene rings is 1. The van der Waals surface area contributed by atoms with E-state index >= 15 is 0 Å². The molecule has 0 atom stereocenters. The van der Waals surface area contributed by atoms with Crippen molar-refractivity contribution in [3.8, 4) is 0 Å². The van der Waals surface area contributed by atoms with Crippen LogP contribution in [0, 0.1) is 5.92 Å². The zero-order valence-corrected chi connectivity index (χ0v) is 12.9. The lowest BCUT2D eigenvalue weighted by Crippen LogP contribution is -2.40. The fraction of sp³-hybridized carbons (Fsp3) is 0.643. The number of amides is 1. The van der Waals surface area contributed by atoms with Crippen molar-refractivity contribution in [2.75, 3.05) is 26.7 Å². The third kappa shape index (κ3) is 4.48. The molecule has 5 heteroatoms. The molecule has 1 aliphatic rings. The van der Waals surface area contributed by atoms with Crippen molar-refractivity contribution >= 4 is 28.8 Å². The first kappa shape index (κ1) is 14.8. The number of nitrogens with one attached hydrogen (secondary N) is 1. The van der Waals surface area contributed by atoms with Crippen molar-refractivity contribution in [3.63, 3.8) is 0 Å². The van der Waals surface area contributed by atoms with Crippen LogP contribution in [0.1, 0.15) is 24.1 Å². The molecule has 1 amide bonds. The van der Waals surface area contributed by atoms with Crippen LogP contribution in [0.25, 0.3) is 0 Å². The van der Waals surface area contributed by atoms with Gasteiger partial charge >= 0.3 is 0 Å². The van der Waals surface area contributed by atoms with Crippen molar-refractivity contribution < 1.29 is 4.79 Å². The number of carbonyl (C=O) groups excluding carboxylic acids is 1. The van der Waals surface area contributed by atoms with E-state index in [2.05, 4.69) is 5.32 Å². The van der Waals surface area contributed by atoms with Crippen LogP contribution < -0.4 is 5.32 Å². The first-order chi connectivity index (χ1) is 9.19. The highest BCUT2D eigenvalue weighted by Gasteiger charge is 2.21. The van der Waals surface area contributed by atoms with E-state index in [1.54, 1.807) is 11.3 Å². The van der Waals surface area contributed by atoms with Crippen molar-refractivity contribution in [1.29, 1.82) is 0 Å². The average Bonchev–Trinajstić information content (AvgIpc) is 2.83. The highest BCUT2D eigenvalue weighted by atomic mass is 35.5. The number of halogens is 1. The van der Waals surface area contributed by atoms with E-state index in [9.17, 15) is 4.79 Å². The Morgan fingerprint density at radius 3 is 2.84 bits per heavy atom. The molecule has 0 aliphatic carbocycles. The van der Waals surface area contributed by atoms with E-state index in [0.717, 1.165) is 49.8 Å². The second-order valence-electron chi connectivity index (χ2n) is 5.11. The van der Waals surface area contributed by atoms with Gasteiger partial charge in [0.1, 0.15) is 0 Å². The van der Waals surface area contributed by atoms with Crippen LogP contribution in [0.4, 0.5) is 0 Å². The molecular weight excluding hydrogens is 280 g/mol. The summed E-state index contributed by atoms with van der Waals surface area (Å²) < 4.78 is 0. The van der Waals surface area contributed by atoms with Crippen LogP contribution in [0.15, 0.2) is 11.4 Å². The first-order valence-corrected chi connectivity index (χ1v) is 8.10. The highest BCUT2D eigenvalue weighted by Crippen LogP contribution is 2.21. The van der Waals surface area contributed by atoms with Crippen LogP contribution in [-0.2, 0) is 11.2 Å². The second kappa shape index (κ2) is 7.27. The summed E-state index contributed by atoms with van der Waals surface area (Å²) in [5, 5.41) is 5.92. The zero-order valence-electron chi connectivity index (χ0n) is 11.3. The lowest BCUT2D eigenvalue weighted by molar-refractivity contribution is -0.132. The predicted molar refractivity (Wildman–Crippen MR) is 80.9 cm³/mol. The summed E-state index contributed by atoms with van der Waals surface area (Å²) in [6, 6.07) is 1.96. The van der Waals surface area contributed by atoms with E-state index < -0.39 is 0 Å². The molecule has 2 rings (SSSR count). The molecule has 0 spiro atoms. The molecule has 0 aromatic carbocycles. The molecular formula is C14H21ClN2OS. The Morgan fingerprint density at radius 1 is 1.53 bits per heavy atom. The van der Waals surface area contributed by atoms with Crippen molar-refractivity contribution in [2.45, 2.75) is 25.7 Å². The summed E-state index contributed by atoms with van der Waals surface area (Å²) in [5.41, 5.74) is 0. The first-order valence-electron chi connectivity index (χ1n) is 6.84. The number of hydrogen-bond acceptors (Lipinski definition) is 3. The Kier molecular flexibility index (Phi) is 5.67. The topological polar surface area (TPSA) is 32.3 Å². The van der Waals surface area contributed by atoms with Crippen LogP contribution in [0.2, 0.25) is 5.02 Å². The third-order valence-corrected chi connectivity index (χ3v) is 5.01. The lowest BCUT2D eigenvalue weighted by Gasteiger charge is -2.32. The molecule has 2 heterocycles. The smallest absolute Gasteiger partial charge is 0.222 e. The summed E-state index contributed by atoms with van der Waals surface area (Å²) >= 11 is 7.51. The van der Waals surface area contributed by atoms with Gasteiger partial charge < -0.3 is 10.2 Å². The van der Waals surface area contributed by atoms with Gasteiger partial charge in [0.25, 0.3) is 0 Å². The average molecular weight is 301 g/mol. The number of hydrogen-bond donors (Lipinski definition) is 1. The van der Waals surface area contributed by atoms with Crippen molar-refractivity contribution in [2.24, 2.45) is 5.92 Å². The van der Waals surface area contributed by atoms with Crippen LogP contribution in [-0.4, -0.2) is 37.5 Å². The molecule has 1 aliphatic heterocycles. The summed E-state index contributed by atoms with van der Waals surface area (Å²) in [7, 11) is 1.99. The van der Waals surface area contributed by atoms with Gasteiger partial charge in [-0.2, -0.15) is 0 Å². The SMILES string of the molecule is CNCC1CCN(C(=O)CCc2cc(Cl)cs2)CC1. The molecule has 0 saturated carbocycles. The van der Waals surface area contributed by atoms with Gasteiger partial charge in [0.2, 0.25) is 5.91 Å². The molecule has 1 N–H and O–H groups in total.